The van der Waals surface area contributed by atoms with Crippen LogP contribution in [-0.2, 0) is 12.0 Å². The van der Waals surface area contributed by atoms with Crippen molar-refractivity contribution >= 4 is 0 Å². The zero-order chi connectivity index (χ0) is 11.8. The van der Waals surface area contributed by atoms with Gasteiger partial charge >= 0.3 is 0 Å². The fourth-order valence-electron chi connectivity index (χ4n) is 2.59. The van der Waals surface area contributed by atoms with Gasteiger partial charge in [-0.2, -0.15) is 0 Å². The Balaban J connectivity index is 2.38. The summed E-state index contributed by atoms with van der Waals surface area (Å²) in [5, 5.41) is 13.9. The lowest BCUT2D eigenvalue weighted by Crippen LogP contribution is -2.45. The van der Waals surface area contributed by atoms with Gasteiger partial charge in [-0.05, 0) is 43.5 Å². The monoisotopic (exact) mass is 223 g/mol. The SMILES string of the molecule is CCNC(C)C1(O)CCc2c(F)cccc21. The maximum Gasteiger partial charge on any atom is 0.126 e. The van der Waals surface area contributed by atoms with E-state index in [0.29, 0.717) is 18.4 Å². The Morgan fingerprint density at radius 3 is 3.00 bits per heavy atom. The first-order chi connectivity index (χ1) is 7.59. The molecule has 0 saturated heterocycles. The summed E-state index contributed by atoms with van der Waals surface area (Å²) in [6, 6.07) is 4.91. The molecule has 1 aliphatic rings. The molecular weight excluding hydrogens is 205 g/mol. The smallest absolute Gasteiger partial charge is 0.126 e. The van der Waals surface area contributed by atoms with Gasteiger partial charge in [0.25, 0.3) is 0 Å². The van der Waals surface area contributed by atoms with Crippen LogP contribution in [0.3, 0.4) is 0 Å². The molecule has 1 aromatic rings. The van der Waals surface area contributed by atoms with Crippen LogP contribution in [0.2, 0.25) is 0 Å². The molecule has 0 aromatic heterocycles. The Morgan fingerprint density at radius 2 is 2.31 bits per heavy atom. The predicted octanol–water partition coefficient (Wildman–Crippen LogP) is 1.96. The molecule has 1 aliphatic carbocycles. The van der Waals surface area contributed by atoms with E-state index in [4.69, 9.17) is 0 Å². The van der Waals surface area contributed by atoms with Crippen molar-refractivity contribution < 1.29 is 9.50 Å². The molecule has 2 atom stereocenters. The van der Waals surface area contributed by atoms with Gasteiger partial charge in [-0.1, -0.05) is 19.1 Å². The Morgan fingerprint density at radius 1 is 1.56 bits per heavy atom. The molecule has 2 rings (SSSR count). The van der Waals surface area contributed by atoms with Crippen LogP contribution in [-0.4, -0.2) is 17.7 Å². The summed E-state index contributed by atoms with van der Waals surface area (Å²) < 4.78 is 13.6. The molecule has 16 heavy (non-hydrogen) atoms. The third kappa shape index (κ3) is 1.64. The maximum atomic E-state index is 13.6. The van der Waals surface area contributed by atoms with Crippen molar-refractivity contribution in [1.29, 1.82) is 0 Å². The number of likely N-dealkylation sites (N-methyl/N-ethyl adjacent to an activating group) is 1. The first kappa shape index (κ1) is 11.6. The van der Waals surface area contributed by atoms with Crippen molar-refractivity contribution in [2.24, 2.45) is 0 Å². The largest absolute Gasteiger partial charge is 0.384 e. The molecule has 0 radical (unpaired) electrons. The molecule has 0 spiro atoms. The lowest BCUT2D eigenvalue weighted by molar-refractivity contribution is 0.00495. The van der Waals surface area contributed by atoms with Crippen LogP contribution >= 0.6 is 0 Å². The van der Waals surface area contributed by atoms with Gasteiger partial charge in [0.15, 0.2) is 0 Å². The summed E-state index contributed by atoms with van der Waals surface area (Å²) in [5.74, 6) is -0.197. The van der Waals surface area contributed by atoms with Crippen LogP contribution in [0.25, 0.3) is 0 Å². The Hall–Kier alpha value is -0.930. The van der Waals surface area contributed by atoms with Crippen LogP contribution in [0.5, 0.6) is 0 Å². The van der Waals surface area contributed by atoms with E-state index in [-0.39, 0.29) is 11.9 Å². The Bertz CT molecular complexity index is 394. The zero-order valence-corrected chi connectivity index (χ0v) is 9.76. The summed E-state index contributed by atoms with van der Waals surface area (Å²) >= 11 is 0. The lowest BCUT2D eigenvalue weighted by Gasteiger charge is -2.31. The van der Waals surface area contributed by atoms with Gasteiger partial charge in [-0.25, -0.2) is 4.39 Å². The minimum Gasteiger partial charge on any atom is -0.384 e. The number of hydrogen-bond acceptors (Lipinski definition) is 2. The maximum absolute atomic E-state index is 13.6. The number of nitrogens with one attached hydrogen (secondary N) is 1. The van der Waals surface area contributed by atoms with E-state index in [9.17, 15) is 9.50 Å². The number of halogens is 1. The Labute approximate surface area is 95.5 Å². The quantitative estimate of drug-likeness (QED) is 0.821. The summed E-state index contributed by atoms with van der Waals surface area (Å²) in [7, 11) is 0. The van der Waals surface area contributed by atoms with Crippen molar-refractivity contribution in [2.75, 3.05) is 6.54 Å². The fraction of sp³-hybridized carbons (Fsp3) is 0.538. The zero-order valence-electron chi connectivity index (χ0n) is 9.76. The molecule has 2 N–H and O–H groups in total. The van der Waals surface area contributed by atoms with E-state index in [1.165, 1.54) is 6.07 Å². The van der Waals surface area contributed by atoms with E-state index in [1.807, 2.05) is 19.9 Å². The van der Waals surface area contributed by atoms with E-state index >= 15 is 0 Å². The molecule has 0 heterocycles. The summed E-state index contributed by atoms with van der Waals surface area (Å²) in [5.41, 5.74) is 0.503. The molecule has 0 amide bonds. The highest BCUT2D eigenvalue weighted by Gasteiger charge is 2.42. The number of hydrogen-bond donors (Lipinski definition) is 2. The molecule has 0 saturated carbocycles. The minimum absolute atomic E-state index is 0.0550. The molecule has 3 heteroatoms. The second-order valence-electron chi connectivity index (χ2n) is 4.47. The molecular formula is C13H18FNO. The molecule has 1 aromatic carbocycles. The normalized spacial score (nSPS) is 25.5. The third-order valence-electron chi connectivity index (χ3n) is 3.57. The van der Waals surface area contributed by atoms with Crippen molar-refractivity contribution in [3.05, 3.63) is 35.1 Å². The van der Waals surface area contributed by atoms with Crippen LogP contribution in [0, 0.1) is 5.82 Å². The van der Waals surface area contributed by atoms with Gasteiger partial charge < -0.3 is 10.4 Å². The highest BCUT2D eigenvalue weighted by atomic mass is 19.1. The van der Waals surface area contributed by atoms with Crippen LogP contribution < -0.4 is 5.32 Å². The van der Waals surface area contributed by atoms with Gasteiger partial charge in [0.2, 0.25) is 0 Å². The van der Waals surface area contributed by atoms with Gasteiger partial charge in [0.1, 0.15) is 11.4 Å². The lowest BCUT2D eigenvalue weighted by atomic mass is 9.89. The molecule has 0 fully saturated rings. The molecule has 2 unspecified atom stereocenters. The summed E-state index contributed by atoms with van der Waals surface area (Å²) in [4.78, 5) is 0. The predicted molar refractivity (Wildman–Crippen MR) is 61.8 cm³/mol. The highest BCUT2D eigenvalue weighted by Crippen LogP contribution is 2.40. The number of fused-ring (bicyclic) bond motifs is 1. The molecule has 0 bridgehead atoms. The van der Waals surface area contributed by atoms with Gasteiger partial charge in [-0.3, -0.25) is 0 Å². The standard InChI is InChI=1S/C13H18FNO/c1-3-15-9(2)13(16)8-7-10-11(13)5-4-6-12(10)14/h4-6,9,15-16H,3,7-8H2,1-2H3. The number of rotatable bonds is 3. The molecule has 0 aliphatic heterocycles. The highest BCUT2D eigenvalue weighted by molar-refractivity contribution is 5.39. The number of aliphatic hydroxyl groups is 1. The van der Waals surface area contributed by atoms with Crippen LogP contribution in [0.15, 0.2) is 18.2 Å². The topological polar surface area (TPSA) is 32.3 Å². The van der Waals surface area contributed by atoms with Crippen LogP contribution in [0.4, 0.5) is 4.39 Å². The summed E-state index contributed by atoms with van der Waals surface area (Å²) in [6.07, 6.45) is 1.21. The summed E-state index contributed by atoms with van der Waals surface area (Å²) in [6.45, 7) is 4.75. The van der Waals surface area contributed by atoms with Crippen molar-refractivity contribution in [1.82, 2.24) is 5.32 Å². The fourth-order valence-corrected chi connectivity index (χ4v) is 2.59. The average molecular weight is 223 g/mol. The molecule has 88 valence electrons. The van der Waals surface area contributed by atoms with E-state index in [2.05, 4.69) is 5.32 Å². The first-order valence-corrected chi connectivity index (χ1v) is 5.83. The van der Waals surface area contributed by atoms with Crippen molar-refractivity contribution in [2.45, 2.75) is 38.3 Å². The number of benzene rings is 1. The average Bonchev–Trinajstić information content (AvgIpc) is 2.60. The van der Waals surface area contributed by atoms with Crippen molar-refractivity contribution in [3.8, 4) is 0 Å². The second kappa shape index (κ2) is 4.15. The van der Waals surface area contributed by atoms with E-state index < -0.39 is 5.60 Å². The minimum atomic E-state index is -0.923. The van der Waals surface area contributed by atoms with Crippen molar-refractivity contribution in [3.63, 3.8) is 0 Å². The van der Waals surface area contributed by atoms with Gasteiger partial charge in [0.05, 0.1) is 0 Å². The van der Waals surface area contributed by atoms with Gasteiger partial charge in [-0.15, -0.1) is 0 Å². The van der Waals surface area contributed by atoms with E-state index in [1.54, 1.807) is 6.07 Å². The van der Waals surface area contributed by atoms with Gasteiger partial charge in [0, 0.05) is 6.04 Å². The first-order valence-electron chi connectivity index (χ1n) is 5.83. The Kier molecular flexibility index (Phi) is 3.00. The van der Waals surface area contributed by atoms with E-state index in [0.717, 1.165) is 12.1 Å². The third-order valence-corrected chi connectivity index (χ3v) is 3.57. The molecule has 2 nitrogen and oxygen atoms in total. The second-order valence-corrected chi connectivity index (χ2v) is 4.47. The van der Waals surface area contributed by atoms with Crippen LogP contribution in [0.1, 0.15) is 31.4 Å².